The van der Waals surface area contributed by atoms with Crippen LogP contribution in [-0.2, 0) is 4.74 Å². The van der Waals surface area contributed by atoms with Crippen molar-refractivity contribution in [2.45, 2.75) is 26.3 Å². The molecule has 21 heavy (non-hydrogen) atoms. The predicted octanol–water partition coefficient (Wildman–Crippen LogP) is 2.79. The molecule has 120 valence electrons. The van der Waals surface area contributed by atoms with Gasteiger partial charge in [-0.15, -0.1) is 0 Å². The van der Waals surface area contributed by atoms with Gasteiger partial charge in [0.15, 0.2) is 11.5 Å². The van der Waals surface area contributed by atoms with Crippen LogP contribution in [0.2, 0.25) is 0 Å². The minimum absolute atomic E-state index is 0.0959. The van der Waals surface area contributed by atoms with Crippen LogP contribution in [0.4, 0.5) is 0 Å². The van der Waals surface area contributed by atoms with Crippen molar-refractivity contribution >= 4 is 0 Å². The second kappa shape index (κ2) is 9.47. The van der Waals surface area contributed by atoms with E-state index in [0.29, 0.717) is 30.5 Å². The minimum atomic E-state index is 0.0959. The third kappa shape index (κ3) is 4.79. The van der Waals surface area contributed by atoms with Crippen molar-refractivity contribution in [1.82, 2.24) is 5.32 Å². The summed E-state index contributed by atoms with van der Waals surface area (Å²) in [5, 5.41) is 3.48. The van der Waals surface area contributed by atoms with E-state index in [1.807, 2.05) is 19.1 Å². The summed E-state index contributed by atoms with van der Waals surface area (Å²) in [6.07, 6.45) is 1.06. The standard InChI is InChI=1S/C16H27NO4/c1-6-8-17-13(11-21-7-2)12-9-14(18-3)16(20-5)15(10-12)19-4/h9-10,13,17H,6-8,11H2,1-5H3. The lowest BCUT2D eigenvalue weighted by atomic mass is 10.1. The van der Waals surface area contributed by atoms with E-state index in [0.717, 1.165) is 18.5 Å². The molecule has 0 fully saturated rings. The fourth-order valence-corrected chi connectivity index (χ4v) is 2.13. The summed E-state index contributed by atoms with van der Waals surface area (Å²) >= 11 is 0. The summed E-state index contributed by atoms with van der Waals surface area (Å²) in [5.41, 5.74) is 1.06. The van der Waals surface area contributed by atoms with E-state index in [9.17, 15) is 0 Å². The highest BCUT2D eigenvalue weighted by atomic mass is 16.5. The van der Waals surface area contributed by atoms with Crippen LogP contribution >= 0.6 is 0 Å². The molecule has 5 heteroatoms. The van der Waals surface area contributed by atoms with E-state index in [4.69, 9.17) is 18.9 Å². The Morgan fingerprint density at radius 1 is 1.00 bits per heavy atom. The lowest BCUT2D eigenvalue weighted by Crippen LogP contribution is -2.26. The zero-order valence-corrected chi connectivity index (χ0v) is 13.7. The fraction of sp³-hybridized carbons (Fsp3) is 0.625. The maximum Gasteiger partial charge on any atom is 0.203 e. The van der Waals surface area contributed by atoms with Crippen LogP contribution < -0.4 is 19.5 Å². The number of nitrogens with one attached hydrogen (secondary N) is 1. The van der Waals surface area contributed by atoms with Gasteiger partial charge in [0, 0.05) is 6.61 Å². The van der Waals surface area contributed by atoms with Gasteiger partial charge >= 0.3 is 0 Å². The van der Waals surface area contributed by atoms with Gasteiger partial charge in [0.1, 0.15) is 0 Å². The second-order valence-electron chi connectivity index (χ2n) is 4.62. The molecule has 0 amide bonds. The number of hydrogen-bond donors (Lipinski definition) is 1. The van der Waals surface area contributed by atoms with Gasteiger partial charge in [-0.1, -0.05) is 6.92 Å². The average molecular weight is 297 g/mol. The highest BCUT2D eigenvalue weighted by Crippen LogP contribution is 2.39. The third-order valence-corrected chi connectivity index (χ3v) is 3.22. The average Bonchev–Trinajstić information content (AvgIpc) is 2.53. The summed E-state index contributed by atoms with van der Waals surface area (Å²) in [5.74, 6) is 1.92. The molecule has 1 aromatic carbocycles. The number of hydrogen-bond acceptors (Lipinski definition) is 5. The molecule has 1 unspecified atom stereocenters. The molecule has 0 saturated heterocycles. The van der Waals surface area contributed by atoms with Crippen molar-refractivity contribution in [3.8, 4) is 17.2 Å². The largest absolute Gasteiger partial charge is 0.493 e. The van der Waals surface area contributed by atoms with Crippen molar-refractivity contribution < 1.29 is 18.9 Å². The molecule has 1 aromatic rings. The monoisotopic (exact) mass is 297 g/mol. The molecular weight excluding hydrogens is 270 g/mol. The summed E-state index contributed by atoms with van der Waals surface area (Å²) in [6.45, 7) is 6.35. The van der Waals surface area contributed by atoms with Crippen molar-refractivity contribution in [3.63, 3.8) is 0 Å². The normalized spacial score (nSPS) is 12.0. The van der Waals surface area contributed by atoms with E-state index < -0.39 is 0 Å². The summed E-state index contributed by atoms with van der Waals surface area (Å²) < 4.78 is 21.7. The van der Waals surface area contributed by atoms with Crippen LogP contribution in [0.15, 0.2) is 12.1 Å². The Bertz CT molecular complexity index is 390. The smallest absolute Gasteiger partial charge is 0.203 e. The number of rotatable bonds is 10. The number of ether oxygens (including phenoxy) is 4. The van der Waals surface area contributed by atoms with Crippen molar-refractivity contribution in [1.29, 1.82) is 0 Å². The Kier molecular flexibility index (Phi) is 7.93. The lowest BCUT2D eigenvalue weighted by Gasteiger charge is -2.21. The first-order valence-corrected chi connectivity index (χ1v) is 7.32. The minimum Gasteiger partial charge on any atom is -0.493 e. The molecule has 0 heterocycles. The first-order valence-electron chi connectivity index (χ1n) is 7.32. The molecule has 1 rings (SSSR count). The zero-order chi connectivity index (χ0) is 15.7. The van der Waals surface area contributed by atoms with Crippen molar-refractivity contribution in [2.75, 3.05) is 41.1 Å². The molecule has 0 saturated carbocycles. The maximum absolute atomic E-state index is 5.58. The van der Waals surface area contributed by atoms with Gasteiger partial charge < -0.3 is 24.3 Å². The van der Waals surface area contributed by atoms with Crippen LogP contribution in [0.5, 0.6) is 17.2 Å². The Labute approximate surface area is 127 Å². The van der Waals surface area contributed by atoms with Crippen LogP contribution in [0, 0.1) is 0 Å². The summed E-state index contributed by atoms with van der Waals surface area (Å²) in [4.78, 5) is 0. The van der Waals surface area contributed by atoms with Crippen LogP contribution in [-0.4, -0.2) is 41.1 Å². The molecule has 5 nitrogen and oxygen atoms in total. The van der Waals surface area contributed by atoms with E-state index >= 15 is 0 Å². The van der Waals surface area contributed by atoms with Crippen LogP contribution in [0.1, 0.15) is 31.9 Å². The predicted molar refractivity (Wildman–Crippen MR) is 83.6 cm³/mol. The molecular formula is C16H27NO4. The SMILES string of the molecule is CCCNC(COCC)c1cc(OC)c(OC)c(OC)c1. The highest BCUT2D eigenvalue weighted by Gasteiger charge is 2.18. The molecule has 1 N–H and O–H groups in total. The number of methoxy groups -OCH3 is 3. The van der Waals surface area contributed by atoms with Crippen molar-refractivity contribution in [2.24, 2.45) is 0 Å². The molecule has 1 atom stereocenters. The first-order chi connectivity index (χ1) is 10.2. The molecule has 0 aliphatic rings. The third-order valence-electron chi connectivity index (χ3n) is 3.22. The second-order valence-corrected chi connectivity index (χ2v) is 4.62. The van der Waals surface area contributed by atoms with Crippen LogP contribution in [0.3, 0.4) is 0 Å². The van der Waals surface area contributed by atoms with Gasteiger partial charge in [0.2, 0.25) is 5.75 Å². The highest BCUT2D eigenvalue weighted by molar-refractivity contribution is 5.54. The van der Waals surface area contributed by atoms with Crippen molar-refractivity contribution in [3.05, 3.63) is 17.7 Å². The molecule has 0 spiro atoms. The van der Waals surface area contributed by atoms with Gasteiger partial charge in [-0.25, -0.2) is 0 Å². The van der Waals surface area contributed by atoms with Gasteiger partial charge in [-0.2, -0.15) is 0 Å². The Morgan fingerprint density at radius 2 is 1.62 bits per heavy atom. The Hall–Kier alpha value is -1.46. The quantitative estimate of drug-likeness (QED) is 0.719. The van der Waals surface area contributed by atoms with Gasteiger partial charge in [0.05, 0.1) is 34.0 Å². The first kappa shape index (κ1) is 17.6. The van der Waals surface area contributed by atoms with E-state index in [-0.39, 0.29) is 6.04 Å². The molecule has 0 radical (unpaired) electrons. The van der Waals surface area contributed by atoms with Gasteiger partial charge in [0.25, 0.3) is 0 Å². The molecule has 0 bridgehead atoms. The summed E-state index contributed by atoms with van der Waals surface area (Å²) in [7, 11) is 4.85. The van der Waals surface area contributed by atoms with E-state index in [1.54, 1.807) is 21.3 Å². The topological polar surface area (TPSA) is 49.0 Å². The molecule has 0 aliphatic carbocycles. The molecule has 0 aliphatic heterocycles. The van der Waals surface area contributed by atoms with E-state index in [2.05, 4.69) is 12.2 Å². The summed E-state index contributed by atoms with van der Waals surface area (Å²) in [6, 6.07) is 4.03. The number of benzene rings is 1. The maximum atomic E-state index is 5.58. The lowest BCUT2D eigenvalue weighted by molar-refractivity contribution is 0.123. The van der Waals surface area contributed by atoms with Crippen LogP contribution in [0.25, 0.3) is 0 Å². The van der Waals surface area contributed by atoms with E-state index in [1.165, 1.54) is 0 Å². The zero-order valence-electron chi connectivity index (χ0n) is 13.7. The Morgan fingerprint density at radius 3 is 2.05 bits per heavy atom. The fourth-order valence-electron chi connectivity index (χ4n) is 2.13. The van der Waals surface area contributed by atoms with Gasteiger partial charge in [-0.3, -0.25) is 0 Å². The Balaban J connectivity index is 3.10. The van der Waals surface area contributed by atoms with Gasteiger partial charge in [-0.05, 0) is 37.6 Å². The molecule has 0 aromatic heterocycles.